The van der Waals surface area contributed by atoms with Gasteiger partial charge in [0.1, 0.15) is 5.69 Å². The summed E-state index contributed by atoms with van der Waals surface area (Å²) in [6.45, 7) is 4.18. The van der Waals surface area contributed by atoms with Crippen molar-refractivity contribution in [1.82, 2.24) is 15.3 Å². The number of carbonyl (C=O) groups excluding carboxylic acids is 1. The summed E-state index contributed by atoms with van der Waals surface area (Å²) in [5.74, 6) is 0.352. The molecule has 0 atom stereocenters. The molecule has 1 aromatic carbocycles. The molecular formula is C21H28N4O. The van der Waals surface area contributed by atoms with Gasteiger partial charge in [-0.1, -0.05) is 50.8 Å². The zero-order valence-electron chi connectivity index (χ0n) is 15.7. The Kier molecular flexibility index (Phi) is 6.21. The van der Waals surface area contributed by atoms with E-state index < -0.39 is 0 Å². The van der Waals surface area contributed by atoms with Crippen molar-refractivity contribution >= 4 is 17.5 Å². The van der Waals surface area contributed by atoms with Crippen LogP contribution in [0.2, 0.25) is 0 Å². The van der Waals surface area contributed by atoms with Crippen LogP contribution in [0.15, 0.2) is 30.5 Å². The fourth-order valence-electron chi connectivity index (χ4n) is 3.54. The number of para-hydroxylation sites is 1. The fourth-order valence-corrected chi connectivity index (χ4v) is 3.54. The number of rotatable bonds is 5. The number of hydrogen-bond acceptors (Lipinski definition) is 4. The van der Waals surface area contributed by atoms with E-state index in [0.717, 1.165) is 30.5 Å². The maximum atomic E-state index is 12.6. The molecule has 0 saturated heterocycles. The van der Waals surface area contributed by atoms with Crippen LogP contribution in [-0.4, -0.2) is 21.9 Å². The molecule has 1 fully saturated rings. The zero-order chi connectivity index (χ0) is 18.4. The summed E-state index contributed by atoms with van der Waals surface area (Å²) in [7, 11) is 0. The van der Waals surface area contributed by atoms with Crippen molar-refractivity contribution in [3.05, 3.63) is 47.3 Å². The first-order valence-electron chi connectivity index (χ1n) is 9.67. The number of nitrogens with zero attached hydrogens (tertiary/aromatic N) is 2. The molecule has 2 aromatic rings. The lowest BCUT2D eigenvalue weighted by Crippen LogP contribution is -2.35. The van der Waals surface area contributed by atoms with Crippen LogP contribution < -0.4 is 10.6 Å². The molecule has 5 nitrogen and oxygen atoms in total. The largest absolute Gasteiger partial charge is 0.348 e. The SMILES string of the molecule is CCc1cccc(C)c1Nc1nccc(C(=O)NC2CCCCCC2)n1. The number of aryl methyl sites for hydroxylation is 2. The number of hydrogen-bond donors (Lipinski definition) is 2. The van der Waals surface area contributed by atoms with Crippen LogP contribution in [0.3, 0.4) is 0 Å². The van der Waals surface area contributed by atoms with Crippen LogP contribution in [0.1, 0.15) is 67.1 Å². The molecule has 1 aliphatic rings. The lowest BCUT2D eigenvalue weighted by molar-refractivity contribution is 0.0928. The molecule has 0 spiro atoms. The highest BCUT2D eigenvalue weighted by Crippen LogP contribution is 2.24. The lowest BCUT2D eigenvalue weighted by Gasteiger charge is -2.16. The minimum absolute atomic E-state index is 0.108. The van der Waals surface area contributed by atoms with Crippen molar-refractivity contribution in [2.45, 2.75) is 64.8 Å². The van der Waals surface area contributed by atoms with Crippen LogP contribution in [-0.2, 0) is 6.42 Å². The Hall–Kier alpha value is -2.43. The maximum Gasteiger partial charge on any atom is 0.270 e. The normalized spacial score (nSPS) is 15.3. The second-order valence-corrected chi connectivity index (χ2v) is 7.02. The van der Waals surface area contributed by atoms with Gasteiger partial charge >= 0.3 is 0 Å². The third-order valence-corrected chi connectivity index (χ3v) is 5.06. The van der Waals surface area contributed by atoms with Crippen LogP contribution in [0.25, 0.3) is 0 Å². The van der Waals surface area contributed by atoms with Gasteiger partial charge in [0, 0.05) is 17.9 Å². The lowest BCUT2D eigenvalue weighted by atomic mass is 10.1. The molecule has 1 heterocycles. The highest BCUT2D eigenvalue weighted by atomic mass is 16.1. The number of nitrogens with one attached hydrogen (secondary N) is 2. The van der Waals surface area contributed by atoms with E-state index in [1.165, 1.54) is 31.2 Å². The third kappa shape index (κ3) is 4.59. The third-order valence-electron chi connectivity index (χ3n) is 5.06. The smallest absolute Gasteiger partial charge is 0.270 e. The molecule has 0 radical (unpaired) electrons. The van der Waals surface area contributed by atoms with E-state index in [-0.39, 0.29) is 11.9 Å². The molecule has 1 aromatic heterocycles. The molecule has 138 valence electrons. The molecule has 26 heavy (non-hydrogen) atoms. The number of anilines is 2. The van der Waals surface area contributed by atoms with Gasteiger partial charge in [-0.15, -0.1) is 0 Å². The van der Waals surface area contributed by atoms with Crippen molar-refractivity contribution < 1.29 is 4.79 Å². The quantitative estimate of drug-likeness (QED) is 0.775. The molecule has 1 saturated carbocycles. The van der Waals surface area contributed by atoms with Crippen LogP contribution in [0.5, 0.6) is 0 Å². The average molecular weight is 352 g/mol. The Labute approximate surface area is 155 Å². The summed E-state index contributed by atoms with van der Waals surface area (Å²) in [5, 5.41) is 6.44. The van der Waals surface area contributed by atoms with Gasteiger partial charge in [-0.2, -0.15) is 0 Å². The Morgan fingerprint density at radius 1 is 1.15 bits per heavy atom. The summed E-state index contributed by atoms with van der Waals surface area (Å²) in [6.07, 6.45) is 9.60. The topological polar surface area (TPSA) is 66.9 Å². The van der Waals surface area contributed by atoms with Crippen LogP contribution in [0.4, 0.5) is 11.6 Å². The van der Waals surface area contributed by atoms with Gasteiger partial charge in [-0.25, -0.2) is 9.97 Å². The van der Waals surface area contributed by atoms with E-state index in [2.05, 4.69) is 52.6 Å². The summed E-state index contributed by atoms with van der Waals surface area (Å²) in [4.78, 5) is 21.3. The van der Waals surface area contributed by atoms with Gasteiger partial charge in [0.05, 0.1) is 0 Å². The molecule has 1 aliphatic carbocycles. The van der Waals surface area contributed by atoms with Crippen molar-refractivity contribution in [1.29, 1.82) is 0 Å². The van der Waals surface area contributed by atoms with E-state index in [1.54, 1.807) is 12.3 Å². The second kappa shape index (κ2) is 8.79. The molecule has 0 aliphatic heterocycles. The monoisotopic (exact) mass is 352 g/mol. The summed E-state index contributed by atoms with van der Waals surface area (Å²) in [6, 6.07) is 8.15. The summed E-state index contributed by atoms with van der Waals surface area (Å²) >= 11 is 0. The van der Waals surface area contributed by atoms with E-state index in [4.69, 9.17) is 0 Å². The second-order valence-electron chi connectivity index (χ2n) is 7.02. The van der Waals surface area contributed by atoms with Gasteiger partial charge in [0.2, 0.25) is 5.95 Å². The maximum absolute atomic E-state index is 12.6. The number of benzene rings is 1. The van der Waals surface area contributed by atoms with Gasteiger partial charge in [0.15, 0.2) is 0 Å². The Morgan fingerprint density at radius 2 is 1.92 bits per heavy atom. The Morgan fingerprint density at radius 3 is 2.65 bits per heavy atom. The average Bonchev–Trinajstić information content (AvgIpc) is 2.92. The van der Waals surface area contributed by atoms with Gasteiger partial charge < -0.3 is 10.6 Å². The highest BCUT2D eigenvalue weighted by Gasteiger charge is 2.17. The molecule has 0 unspecified atom stereocenters. The van der Waals surface area contributed by atoms with Crippen LogP contribution in [0, 0.1) is 6.92 Å². The van der Waals surface area contributed by atoms with Crippen molar-refractivity contribution in [3.8, 4) is 0 Å². The standard InChI is InChI=1S/C21H28N4O/c1-3-16-10-8-9-15(2)19(16)25-21-22-14-13-18(24-21)20(26)23-17-11-6-4-5-7-12-17/h8-10,13-14,17H,3-7,11-12H2,1-2H3,(H,23,26)(H,22,24,25). The Balaban J connectivity index is 1.73. The summed E-state index contributed by atoms with van der Waals surface area (Å²) in [5.41, 5.74) is 3.79. The van der Waals surface area contributed by atoms with Crippen molar-refractivity contribution in [2.75, 3.05) is 5.32 Å². The number of aromatic nitrogens is 2. The predicted molar refractivity (Wildman–Crippen MR) is 105 cm³/mol. The minimum atomic E-state index is -0.108. The van der Waals surface area contributed by atoms with E-state index in [0.29, 0.717) is 11.6 Å². The van der Waals surface area contributed by atoms with Crippen LogP contribution >= 0.6 is 0 Å². The zero-order valence-corrected chi connectivity index (χ0v) is 15.7. The molecule has 1 amide bonds. The molecule has 3 rings (SSSR count). The van der Waals surface area contributed by atoms with E-state index >= 15 is 0 Å². The predicted octanol–water partition coefficient (Wildman–Crippen LogP) is 4.54. The first-order valence-corrected chi connectivity index (χ1v) is 9.67. The fraction of sp³-hybridized carbons (Fsp3) is 0.476. The molecular weight excluding hydrogens is 324 g/mol. The number of carbonyl (C=O) groups is 1. The molecule has 5 heteroatoms. The first-order chi connectivity index (χ1) is 12.7. The first kappa shape index (κ1) is 18.4. The highest BCUT2D eigenvalue weighted by molar-refractivity contribution is 5.92. The minimum Gasteiger partial charge on any atom is -0.348 e. The van der Waals surface area contributed by atoms with E-state index in [1.807, 2.05) is 0 Å². The molecule has 0 bridgehead atoms. The molecule has 2 N–H and O–H groups in total. The van der Waals surface area contributed by atoms with Gasteiger partial charge in [-0.05, 0) is 43.4 Å². The Bertz CT molecular complexity index is 751. The van der Waals surface area contributed by atoms with Crippen molar-refractivity contribution in [3.63, 3.8) is 0 Å². The summed E-state index contributed by atoms with van der Waals surface area (Å²) < 4.78 is 0. The number of amides is 1. The van der Waals surface area contributed by atoms with Crippen molar-refractivity contribution in [2.24, 2.45) is 0 Å². The van der Waals surface area contributed by atoms with Gasteiger partial charge in [0.25, 0.3) is 5.91 Å². The van der Waals surface area contributed by atoms with Gasteiger partial charge in [-0.3, -0.25) is 4.79 Å². The van der Waals surface area contributed by atoms with E-state index in [9.17, 15) is 4.79 Å².